The van der Waals surface area contributed by atoms with Gasteiger partial charge in [0.2, 0.25) is 12.7 Å². The zero-order valence-corrected chi connectivity index (χ0v) is 13.9. The second-order valence-corrected chi connectivity index (χ2v) is 6.08. The van der Waals surface area contributed by atoms with Crippen LogP contribution in [-0.2, 0) is 11.3 Å². The van der Waals surface area contributed by atoms with E-state index in [0.717, 1.165) is 28.1 Å². The Balaban J connectivity index is 1.37. The molecule has 0 aliphatic carbocycles. The lowest BCUT2D eigenvalue weighted by molar-refractivity contribution is -0.121. The predicted octanol–water partition coefficient (Wildman–Crippen LogP) is 3.03. The molecule has 6 heteroatoms. The second kappa shape index (κ2) is 6.47. The third-order valence-electron chi connectivity index (χ3n) is 4.38. The summed E-state index contributed by atoms with van der Waals surface area (Å²) in [5.41, 5.74) is 2.97. The Morgan fingerprint density at radius 1 is 1.24 bits per heavy atom. The van der Waals surface area contributed by atoms with Gasteiger partial charge in [-0.25, -0.2) is 4.98 Å². The van der Waals surface area contributed by atoms with Crippen LogP contribution in [0, 0.1) is 0 Å². The van der Waals surface area contributed by atoms with Crippen LogP contribution in [0.3, 0.4) is 0 Å². The van der Waals surface area contributed by atoms with Crippen LogP contribution in [0.4, 0.5) is 0 Å². The van der Waals surface area contributed by atoms with Crippen molar-refractivity contribution in [3.8, 4) is 11.5 Å². The highest BCUT2D eigenvalue weighted by Gasteiger charge is 2.17. The van der Waals surface area contributed by atoms with Crippen molar-refractivity contribution in [3.63, 3.8) is 0 Å². The van der Waals surface area contributed by atoms with Crippen molar-refractivity contribution in [2.24, 2.45) is 0 Å². The second-order valence-electron chi connectivity index (χ2n) is 6.08. The molecule has 1 amide bonds. The Bertz CT molecular complexity index is 919. The van der Waals surface area contributed by atoms with E-state index in [0.29, 0.717) is 13.0 Å². The number of para-hydroxylation sites is 2. The zero-order valence-electron chi connectivity index (χ0n) is 13.9. The summed E-state index contributed by atoms with van der Waals surface area (Å²) in [7, 11) is 0. The van der Waals surface area contributed by atoms with Crippen LogP contribution in [0.25, 0.3) is 11.0 Å². The van der Waals surface area contributed by atoms with Crippen LogP contribution in [0.15, 0.2) is 48.8 Å². The first-order valence-corrected chi connectivity index (χ1v) is 8.29. The molecule has 2 aromatic carbocycles. The number of aromatic nitrogens is 2. The first-order chi connectivity index (χ1) is 12.2. The predicted molar refractivity (Wildman–Crippen MR) is 93.5 cm³/mol. The number of rotatable bonds is 5. The van der Waals surface area contributed by atoms with E-state index in [1.807, 2.05) is 54.0 Å². The lowest BCUT2D eigenvalue weighted by Gasteiger charge is -2.15. The summed E-state index contributed by atoms with van der Waals surface area (Å²) in [6.45, 7) is 2.81. The van der Waals surface area contributed by atoms with E-state index in [1.165, 1.54) is 0 Å². The molecule has 4 rings (SSSR count). The van der Waals surface area contributed by atoms with Crippen molar-refractivity contribution in [3.05, 3.63) is 54.4 Å². The van der Waals surface area contributed by atoms with E-state index in [4.69, 9.17) is 9.47 Å². The highest BCUT2D eigenvalue weighted by Crippen LogP contribution is 2.34. The van der Waals surface area contributed by atoms with Crippen molar-refractivity contribution in [1.29, 1.82) is 0 Å². The maximum absolute atomic E-state index is 12.3. The highest BCUT2D eigenvalue weighted by atomic mass is 16.7. The minimum Gasteiger partial charge on any atom is -0.454 e. The minimum atomic E-state index is -0.0958. The van der Waals surface area contributed by atoms with Gasteiger partial charge in [0.25, 0.3) is 0 Å². The molecule has 0 spiro atoms. The van der Waals surface area contributed by atoms with Crippen LogP contribution in [-0.4, -0.2) is 22.3 Å². The molecule has 128 valence electrons. The summed E-state index contributed by atoms with van der Waals surface area (Å²) >= 11 is 0. The average molecular weight is 337 g/mol. The number of ether oxygens (including phenoxy) is 2. The first kappa shape index (κ1) is 15.5. The van der Waals surface area contributed by atoms with Gasteiger partial charge in [-0.2, -0.15) is 0 Å². The maximum atomic E-state index is 12.3. The summed E-state index contributed by atoms with van der Waals surface area (Å²) in [6, 6.07) is 13.5. The molecule has 0 saturated heterocycles. The molecule has 1 aromatic heterocycles. The van der Waals surface area contributed by atoms with E-state index in [1.54, 1.807) is 6.33 Å². The number of benzene rings is 2. The number of carbonyl (C=O) groups is 1. The van der Waals surface area contributed by atoms with Crippen molar-refractivity contribution in [1.82, 2.24) is 14.9 Å². The number of carbonyl (C=O) groups excluding carboxylic acids is 1. The Labute approximate surface area is 145 Å². The highest BCUT2D eigenvalue weighted by molar-refractivity contribution is 5.77. The lowest BCUT2D eigenvalue weighted by atomic mass is 10.1. The summed E-state index contributed by atoms with van der Waals surface area (Å²) in [6.07, 6.45) is 2.18. The number of hydrogen-bond acceptors (Lipinski definition) is 4. The molecule has 1 aliphatic rings. The topological polar surface area (TPSA) is 65.4 Å². The van der Waals surface area contributed by atoms with Crippen molar-refractivity contribution >= 4 is 16.9 Å². The molecule has 0 fully saturated rings. The fraction of sp³-hybridized carbons (Fsp3) is 0.263. The van der Waals surface area contributed by atoms with Gasteiger partial charge in [-0.1, -0.05) is 18.2 Å². The van der Waals surface area contributed by atoms with Crippen LogP contribution in [0.2, 0.25) is 0 Å². The lowest BCUT2D eigenvalue weighted by Crippen LogP contribution is -2.27. The Kier molecular flexibility index (Phi) is 4.01. The summed E-state index contributed by atoms with van der Waals surface area (Å²) < 4.78 is 12.7. The smallest absolute Gasteiger partial charge is 0.231 e. The normalized spacial score (nSPS) is 13.8. The number of aryl methyl sites for hydroxylation is 1. The Morgan fingerprint density at radius 3 is 3.00 bits per heavy atom. The molecule has 1 atom stereocenters. The van der Waals surface area contributed by atoms with Crippen LogP contribution in [0.5, 0.6) is 11.5 Å². The van der Waals surface area contributed by atoms with Gasteiger partial charge in [0, 0.05) is 13.0 Å². The van der Waals surface area contributed by atoms with Crippen LogP contribution >= 0.6 is 0 Å². The number of hydrogen-bond donors (Lipinski definition) is 1. The van der Waals surface area contributed by atoms with Gasteiger partial charge < -0.3 is 19.4 Å². The van der Waals surface area contributed by atoms with E-state index in [-0.39, 0.29) is 18.7 Å². The summed E-state index contributed by atoms with van der Waals surface area (Å²) in [5, 5.41) is 3.03. The van der Waals surface area contributed by atoms with Gasteiger partial charge in [0.15, 0.2) is 11.5 Å². The van der Waals surface area contributed by atoms with Gasteiger partial charge in [-0.15, -0.1) is 0 Å². The molecule has 1 aliphatic heterocycles. The Hall–Kier alpha value is -3.02. The third kappa shape index (κ3) is 3.15. The summed E-state index contributed by atoms with van der Waals surface area (Å²) in [5.74, 6) is 1.47. The van der Waals surface area contributed by atoms with Crippen molar-refractivity contribution in [2.75, 3.05) is 6.79 Å². The molecule has 0 radical (unpaired) electrons. The largest absolute Gasteiger partial charge is 0.454 e. The standard InChI is InChI=1S/C19H19N3O3/c1-13(14-6-7-17-18(10-14)25-12-24-17)21-19(23)8-9-22-11-20-15-4-2-3-5-16(15)22/h2-7,10-11,13H,8-9,12H2,1H3,(H,21,23). The third-order valence-corrected chi connectivity index (χ3v) is 4.38. The minimum absolute atomic E-state index is 0.00273. The SMILES string of the molecule is CC(NC(=O)CCn1cnc2ccccc21)c1ccc2c(c1)OCO2. The van der Waals surface area contributed by atoms with E-state index in [9.17, 15) is 4.79 Å². The van der Waals surface area contributed by atoms with Crippen LogP contribution < -0.4 is 14.8 Å². The van der Waals surface area contributed by atoms with Gasteiger partial charge in [0.05, 0.1) is 23.4 Å². The monoisotopic (exact) mass is 337 g/mol. The fourth-order valence-corrected chi connectivity index (χ4v) is 2.99. The Morgan fingerprint density at radius 2 is 2.08 bits per heavy atom. The van der Waals surface area contributed by atoms with Crippen LogP contribution in [0.1, 0.15) is 24.9 Å². The van der Waals surface area contributed by atoms with Gasteiger partial charge in [-0.3, -0.25) is 4.79 Å². The van der Waals surface area contributed by atoms with Gasteiger partial charge in [0.1, 0.15) is 0 Å². The first-order valence-electron chi connectivity index (χ1n) is 8.29. The molecule has 0 bridgehead atoms. The molecular formula is C19H19N3O3. The molecule has 2 heterocycles. The molecule has 25 heavy (non-hydrogen) atoms. The average Bonchev–Trinajstić information content (AvgIpc) is 3.26. The van der Waals surface area contributed by atoms with Crippen molar-refractivity contribution < 1.29 is 14.3 Å². The van der Waals surface area contributed by atoms with E-state index in [2.05, 4.69) is 10.3 Å². The van der Waals surface area contributed by atoms with E-state index < -0.39 is 0 Å². The number of nitrogens with zero attached hydrogens (tertiary/aromatic N) is 2. The number of nitrogens with one attached hydrogen (secondary N) is 1. The maximum Gasteiger partial charge on any atom is 0.231 e. The number of imidazole rings is 1. The van der Waals surface area contributed by atoms with Crippen molar-refractivity contribution in [2.45, 2.75) is 25.9 Å². The molecule has 1 unspecified atom stereocenters. The fourth-order valence-electron chi connectivity index (χ4n) is 2.99. The van der Waals surface area contributed by atoms with Gasteiger partial charge >= 0.3 is 0 Å². The van der Waals surface area contributed by atoms with E-state index >= 15 is 0 Å². The zero-order chi connectivity index (χ0) is 17.2. The molecule has 3 aromatic rings. The molecular weight excluding hydrogens is 318 g/mol. The van der Waals surface area contributed by atoms with Gasteiger partial charge in [-0.05, 0) is 36.8 Å². The quantitative estimate of drug-likeness (QED) is 0.777. The number of amides is 1. The molecule has 6 nitrogen and oxygen atoms in total. The summed E-state index contributed by atoms with van der Waals surface area (Å²) in [4.78, 5) is 16.6. The molecule has 0 saturated carbocycles. The molecule has 1 N–H and O–H groups in total. The number of fused-ring (bicyclic) bond motifs is 2.